The second-order valence-corrected chi connectivity index (χ2v) is 5.37. The van der Waals surface area contributed by atoms with Crippen LogP contribution in [0.2, 0.25) is 5.15 Å². The van der Waals surface area contributed by atoms with E-state index in [0.29, 0.717) is 16.9 Å². The Morgan fingerprint density at radius 2 is 2.22 bits per heavy atom. The molecular weight excluding hydrogens is 252 g/mol. The van der Waals surface area contributed by atoms with Gasteiger partial charge in [0.25, 0.3) is 0 Å². The number of carbonyl (C=O) groups is 1. The predicted molar refractivity (Wildman–Crippen MR) is 71.4 cm³/mol. The number of piperidine rings is 1. The summed E-state index contributed by atoms with van der Waals surface area (Å²) < 4.78 is 0. The van der Waals surface area contributed by atoms with Crippen LogP contribution in [0.5, 0.6) is 0 Å². The van der Waals surface area contributed by atoms with Crippen LogP contribution in [0.25, 0.3) is 0 Å². The number of hydrogen-bond acceptors (Lipinski definition) is 3. The fraction of sp³-hybridized carbons (Fsp3) is 0.538. The average Bonchev–Trinajstić information content (AvgIpc) is 2.28. The van der Waals surface area contributed by atoms with Gasteiger partial charge in [-0.15, -0.1) is 0 Å². The largest absolute Gasteiger partial charge is 0.478 e. The first kappa shape index (κ1) is 13.1. The zero-order valence-corrected chi connectivity index (χ0v) is 11.3. The summed E-state index contributed by atoms with van der Waals surface area (Å²) in [6.07, 6.45) is 2.10. The number of pyridine rings is 1. The summed E-state index contributed by atoms with van der Waals surface area (Å²) in [5.74, 6) is 0.207. The van der Waals surface area contributed by atoms with Gasteiger partial charge in [0.05, 0.1) is 0 Å². The summed E-state index contributed by atoms with van der Waals surface area (Å²) in [6, 6.07) is 3.33. The lowest BCUT2D eigenvalue weighted by atomic mass is 9.93. The van der Waals surface area contributed by atoms with E-state index in [1.54, 1.807) is 0 Å². The summed E-state index contributed by atoms with van der Waals surface area (Å²) in [4.78, 5) is 17.5. The molecule has 0 radical (unpaired) electrons. The first-order valence-corrected chi connectivity index (χ1v) is 6.53. The normalized spacial score (nSPS) is 24.1. The summed E-state index contributed by atoms with van der Waals surface area (Å²) in [6.45, 7) is 5.15. The lowest BCUT2D eigenvalue weighted by Gasteiger charge is -2.38. The molecule has 18 heavy (non-hydrogen) atoms. The molecular formula is C13H17ClN2O2. The van der Waals surface area contributed by atoms with Gasteiger partial charge in [-0.3, -0.25) is 0 Å². The first-order chi connectivity index (χ1) is 8.49. The molecule has 1 fully saturated rings. The lowest BCUT2D eigenvalue weighted by Crippen LogP contribution is -2.41. The number of aromatic nitrogens is 1. The maximum Gasteiger partial charge on any atom is 0.339 e. The predicted octanol–water partition coefficient (Wildman–Crippen LogP) is 3.06. The van der Waals surface area contributed by atoms with E-state index < -0.39 is 5.97 Å². The van der Waals surface area contributed by atoms with Crippen molar-refractivity contribution < 1.29 is 9.90 Å². The molecule has 1 aromatic heterocycles. The molecule has 4 nitrogen and oxygen atoms in total. The van der Waals surface area contributed by atoms with Gasteiger partial charge < -0.3 is 10.0 Å². The molecule has 2 rings (SSSR count). The number of halogens is 1. The van der Waals surface area contributed by atoms with E-state index in [2.05, 4.69) is 23.7 Å². The van der Waals surface area contributed by atoms with E-state index in [1.165, 1.54) is 12.1 Å². The smallest absolute Gasteiger partial charge is 0.339 e. The topological polar surface area (TPSA) is 53.4 Å². The number of anilines is 1. The highest BCUT2D eigenvalue weighted by atomic mass is 35.5. The Labute approximate surface area is 112 Å². The molecule has 0 aliphatic carbocycles. The van der Waals surface area contributed by atoms with E-state index in [4.69, 9.17) is 11.6 Å². The van der Waals surface area contributed by atoms with Crippen LogP contribution in [0.1, 0.15) is 37.0 Å². The minimum atomic E-state index is -0.958. The number of carboxylic acid groups (broad SMARTS) is 1. The minimum Gasteiger partial charge on any atom is -0.478 e. The molecule has 2 heterocycles. The molecule has 5 heteroatoms. The van der Waals surface area contributed by atoms with E-state index in [9.17, 15) is 9.90 Å². The third kappa shape index (κ3) is 2.58. The summed E-state index contributed by atoms with van der Waals surface area (Å²) in [5, 5.41) is 9.55. The molecule has 98 valence electrons. The van der Waals surface area contributed by atoms with Gasteiger partial charge in [-0.05, 0) is 37.8 Å². The van der Waals surface area contributed by atoms with Crippen LogP contribution >= 0.6 is 11.6 Å². The maximum atomic E-state index is 11.2. The lowest BCUT2D eigenvalue weighted by molar-refractivity contribution is 0.0697. The summed E-state index contributed by atoms with van der Waals surface area (Å²) in [5.41, 5.74) is 0.223. The molecule has 2 unspecified atom stereocenters. The molecule has 1 aliphatic heterocycles. The van der Waals surface area contributed by atoms with Crippen molar-refractivity contribution in [2.75, 3.05) is 11.4 Å². The van der Waals surface area contributed by atoms with E-state index in [1.807, 2.05) is 0 Å². The standard InChI is InChI=1S/C13H17ClN2O2/c1-8-5-6-16(9(2)7-8)12-10(13(17)18)3-4-11(14)15-12/h3-4,8-9H,5-7H2,1-2H3,(H,17,18). The van der Waals surface area contributed by atoms with Crippen LogP contribution < -0.4 is 4.90 Å². The first-order valence-electron chi connectivity index (χ1n) is 6.15. The monoisotopic (exact) mass is 268 g/mol. The molecule has 1 aliphatic rings. The molecule has 0 amide bonds. The van der Waals surface area contributed by atoms with Gasteiger partial charge in [-0.25, -0.2) is 9.78 Å². The van der Waals surface area contributed by atoms with Crippen molar-refractivity contribution in [1.82, 2.24) is 4.98 Å². The quantitative estimate of drug-likeness (QED) is 0.838. The highest BCUT2D eigenvalue weighted by Crippen LogP contribution is 2.29. The third-order valence-corrected chi connectivity index (χ3v) is 3.69. The van der Waals surface area contributed by atoms with E-state index in [-0.39, 0.29) is 11.6 Å². The van der Waals surface area contributed by atoms with Crippen molar-refractivity contribution in [3.8, 4) is 0 Å². The number of nitrogens with zero attached hydrogens (tertiary/aromatic N) is 2. The van der Waals surface area contributed by atoms with Crippen LogP contribution in [0, 0.1) is 5.92 Å². The summed E-state index contributed by atoms with van der Waals surface area (Å²) in [7, 11) is 0. The Morgan fingerprint density at radius 3 is 2.83 bits per heavy atom. The van der Waals surface area contributed by atoms with Crippen molar-refractivity contribution >= 4 is 23.4 Å². The van der Waals surface area contributed by atoms with Crippen LogP contribution in [0.15, 0.2) is 12.1 Å². The van der Waals surface area contributed by atoms with Crippen LogP contribution in [0.4, 0.5) is 5.82 Å². The van der Waals surface area contributed by atoms with Crippen molar-refractivity contribution in [3.63, 3.8) is 0 Å². The van der Waals surface area contributed by atoms with E-state index in [0.717, 1.165) is 19.4 Å². The Hall–Kier alpha value is -1.29. The molecule has 0 bridgehead atoms. The maximum absolute atomic E-state index is 11.2. The van der Waals surface area contributed by atoms with Gasteiger partial charge in [-0.1, -0.05) is 18.5 Å². The van der Waals surface area contributed by atoms with Crippen molar-refractivity contribution in [2.24, 2.45) is 5.92 Å². The SMILES string of the molecule is CC1CCN(c2nc(Cl)ccc2C(=O)O)C(C)C1. The number of carboxylic acids is 1. The van der Waals surface area contributed by atoms with Gasteiger partial charge in [0.15, 0.2) is 0 Å². The van der Waals surface area contributed by atoms with Gasteiger partial charge in [0, 0.05) is 12.6 Å². The van der Waals surface area contributed by atoms with Gasteiger partial charge in [0.2, 0.25) is 0 Å². The molecule has 1 aromatic rings. The molecule has 0 aromatic carbocycles. The van der Waals surface area contributed by atoms with Crippen LogP contribution in [0.3, 0.4) is 0 Å². The van der Waals surface area contributed by atoms with Crippen LogP contribution in [-0.2, 0) is 0 Å². The molecule has 2 atom stereocenters. The minimum absolute atomic E-state index is 0.223. The van der Waals surface area contributed by atoms with Crippen molar-refractivity contribution in [3.05, 3.63) is 22.8 Å². The molecule has 1 N–H and O–H groups in total. The second kappa shape index (κ2) is 5.14. The molecule has 0 spiro atoms. The molecule has 0 saturated carbocycles. The fourth-order valence-corrected chi connectivity index (χ4v) is 2.68. The third-order valence-electron chi connectivity index (χ3n) is 3.48. The van der Waals surface area contributed by atoms with Gasteiger partial charge in [-0.2, -0.15) is 0 Å². The summed E-state index contributed by atoms with van der Waals surface area (Å²) >= 11 is 5.89. The Kier molecular flexibility index (Phi) is 3.76. The fourth-order valence-electron chi connectivity index (χ4n) is 2.53. The number of rotatable bonds is 2. The van der Waals surface area contributed by atoms with Crippen molar-refractivity contribution in [1.29, 1.82) is 0 Å². The Balaban J connectivity index is 2.37. The van der Waals surface area contributed by atoms with Crippen molar-refractivity contribution in [2.45, 2.75) is 32.7 Å². The highest BCUT2D eigenvalue weighted by molar-refractivity contribution is 6.29. The van der Waals surface area contributed by atoms with Gasteiger partial charge in [0.1, 0.15) is 16.5 Å². The Bertz CT molecular complexity index is 464. The molecule has 1 saturated heterocycles. The zero-order chi connectivity index (χ0) is 13.3. The highest BCUT2D eigenvalue weighted by Gasteiger charge is 2.27. The van der Waals surface area contributed by atoms with Gasteiger partial charge >= 0.3 is 5.97 Å². The number of hydrogen-bond donors (Lipinski definition) is 1. The Morgan fingerprint density at radius 1 is 1.50 bits per heavy atom. The number of aromatic carboxylic acids is 1. The van der Waals surface area contributed by atoms with Crippen LogP contribution in [-0.4, -0.2) is 28.6 Å². The van der Waals surface area contributed by atoms with E-state index >= 15 is 0 Å². The average molecular weight is 269 g/mol. The second-order valence-electron chi connectivity index (χ2n) is 4.98. The zero-order valence-electron chi connectivity index (χ0n) is 10.6.